The highest BCUT2D eigenvalue weighted by molar-refractivity contribution is 8.01. The van der Waals surface area contributed by atoms with Crippen molar-refractivity contribution >= 4 is 39.8 Å². The van der Waals surface area contributed by atoms with Gasteiger partial charge in [0, 0.05) is 6.42 Å². The highest BCUT2D eigenvalue weighted by atomic mass is 32.2. The summed E-state index contributed by atoms with van der Waals surface area (Å²) < 4.78 is 5.92. The van der Waals surface area contributed by atoms with Gasteiger partial charge in [-0.3, -0.25) is 4.79 Å². The molecule has 0 unspecified atom stereocenters. The van der Waals surface area contributed by atoms with Crippen LogP contribution in [-0.4, -0.2) is 39.7 Å². The van der Waals surface area contributed by atoms with Gasteiger partial charge in [0.25, 0.3) is 5.91 Å². The Bertz CT molecular complexity index is 1020. The van der Waals surface area contributed by atoms with Crippen molar-refractivity contribution < 1.29 is 9.53 Å². The van der Waals surface area contributed by atoms with E-state index >= 15 is 0 Å². The lowest BCUT2D eigenvalue weighted by molar-refractivity contribution is -0.130. The maximum Gasteiger partial charge on any atom is 0.253 e. The molecule has 29 heavy (non-hydrogen) atoms. The molecule has 0 saturated carbocycles. The molecule has 7 nitrogen and oxygen atoms in total. The summed E-state index contributed by atoms with van der Waals surface area (Å²) in [5.74, 6) is 0.904. The van der Waals surface area contributed by atoms with E-state index in [9.17, 15) is 4.79 Å². The number of hydrogen-bond donors (Lipinski definition) is 1. The van der Waals surface area contributed by atoms with Crippen LogP contribution in [0.25, 0.3) is 0 Å². The Labute approximate surface area is 176 Å². The summed E-state index contributed by atoms with van der Waals surface area (Å²) in [6, 6.07) is 17.5. The quantitative estimate of drug-likeness (QED) is 0.607. The van der Waals surface area contributed by atoms with Crippen LogP contribution in [0, 0.1) is 0 Å². The highest BCUT2D eigenvalue weighted by Gasteiger charge is 2.33. The summed E-state index contributed by atoms with van der Waals surface area (Å²) in [6.07, 6.45) is 0.651. The lowest BCUT2D eigenvalue weighted by Crippen LogP contribution is -2.28. The average Bonchev–Trinajstić information content (AvgIpc) is 3.39. The predicted octanol–water partition coefficient (Wildman–Crippen LogP) is 3.60. The molecule has 1 atom stereocenters. The molecular weight excluding hydrogens is 406 g/mol. The maximum atomic E-state index is 13.0. The van der Waals surface area contributed by atoms with Gasteiger partial charge in [-0.05, 0) is 23.3 Å². The number of hydrogen-bond acceptors (Lipinski definition) is 8. The Hall–Kier alpha value is -2.91. The van der Waals surface area contributed by atoms with Crippen LogP contribution < -0.4 is 10.5 Å². The summed E-state index contributed by atoms with van der Waals surface area (Å²) in [4.78, 5) is 13.0. The standard InChI is InChI=1S/C20H19N5O2S2/c1-27-15-9-7-14(8-10-15)17-11-16(13-5-3-2-4-6-13)24-25(17)18(26)12-28-20-23-22-19(21)29-20/h2-10,17H,11-12H2,1H3,(H2,21,22)/t17-/m0/s1. The molecule has 1 amide bonds. The van der Waals surface area contributed by atoms with Crippen LogP contribution in [0.4, 0.5) is 5.13 Å². The minimum absolute atomic E-state index is 0.0875. The van der Waals surface area contributed by atoms with E-state index in [-0.39, 0.29) is 17.7 Å². The van der Waals surface area contributed by atoms with Gasteiger partial charge in [0.1, 0.15) is 5.75 Å². The fourth-order valence-corrected chi connectivity index (χ4v) is 4.59. The molecule has 0 saturated heterocycles. The third-order valence-corrected chi connectivity index (χ3v) is 6.39. The molecule has 0 aliphatic carbocycles. The summed E-state index contributed by atoms with van der Waals surface area (Å²) >= 11 is 2.59. The molecule has 9 heteroatoms. The van der Waals surface area contributed by atoms with Crippen LogP contribution in [-0.2, 0) is 4.79 Å². The summed E-state index contributed by atoms with van der Waals surface area (Å²) in [7, 11) is 1.63. The molecule has 0 fully saturated rings. The number of nitrogens with zero attached hydrogens (tertiary/aromatic N) is 4. The lowest BCUT2D eigenvalue weighted by atomic mass is 9.98. The summed E-state index contributed by atoms with van der Waals surface area (Å²) in [5.41, 5.74) is 8.54. The van der Waals surface area contributed by atoms with E-state index < -0.39 is 0 Å². The van der Waals surface area contributed by atoms with Crippen molar-refractivity contribution in [2.75, 3.05) is 18.6 Å². The van der Waals surface area contributed by atoms with Crippen molar-refractivity contribution in [1.29, 1.82) is 0 Å². The molecule has 0 radical (unpaired) electrons. The van der Waals surface area contributed by atoms with E-state index in [0.29, 0.717) is 15.9 Å². The number of nitrogen functional groups attached to an aromatic ring is 1. The molecule has 4 rings (SSSR count). The number of nitrogens with two attached hydrogens (primary N) is 1. The summed E-state index contributed by atoms with van der Waals surface area (Å²) in [5, 5.41) is 14.4. The highest BCUT2D eigenvalue weighted by Crippen LogP contribution is 2.34. The number of amides is 1. The first kappa shape index (κ1) is 19.4. The number of anilines is 1. The van der Waals surface area contributed by atoms with Crippen molar-refractivity contribution in [1.82, 2.24) is 15.2 Å². The van der Waals surface area contributed by atoms with Gasteiger partial charge in [-0.15, -0.1) is 10.2 Å². The first-order valence-electron chi connectivity index (χ1n) is 8.94. The van der Waals surface area contributed by atoms with Crippen LogP contribution in [0.15, 0.2) is 64.0 Å². The second-order valence-electron chi connectivity index (χ2n) is 6.34. The normalized spacial score (nSPS) is 16.0. The van der Waals surface area contributed by atoms with Crippen molar-refractivity contribution in [3.8, 4) is 5.75 Å². The number of aromatic nitrogens is 2. The Kier molecular flexibility index (Phi) is 5.77. The zero-order valence-electron chi connectivity index (χ0n) is 15.7. The van der Waals surface area contributed by atoms with Crippen molar-refractivity contribution in [2.45, 2.75) is 16.8 Å². The first-order valence-corrected chi connectivity index (χ1v) is 10.7. The van der Waals surface area contributed by atoms with Gasteiger partial charge in [-0.1, -0.05) is 65.6 Å². The van der Waals surface area contributed by atoms with Gasteiger partial charge < -0.3 is 10.5 Å². The molecule has 3 aromatic rings. The number of benzene rings is 2. The van der Waals surface area contributed by atoms with Crippen LogP contribution >= 0.6 is 23.1 Å². The second kappa shape index (κ2) is 8.62. The number of rotatable bonds is 6. The number of ether oxygens (including phenoxy) is 1. The number of thioether (sulfide) groups is 1. The maximum absolute atomic E-state index is 13.0. The van der Waals surface area contributed by atoms with Crippen LogP contribution in [0.2, 0.25) is 0 Å². The summed E-state index contributed by atoms with van der Waals surface area (Å²) in [6.45, 7) is 0. The van der Waals surface area contributed by atoms with Crippen LogP contribution in [0.3, 0.4) is 0 Å². The van der Waals surface area contributed by atoms with Gasteiger partial charge >= 0.3 is 0 Å². The zero-order chi connectivity index (χ0) is 20.2. The number of carbonyl (C=O) groups is 1. The third-order valence-electron chi connectivity index (χ3n) is 4.51. The number of carbonyl (C=O) groups excluding carboxylic acids is 1. The molecular formula is C20H19N5O2S2. The van der Waals surface area contributed by atoms with Gasteiger partial charge in [0.05, 0.1) is 24.6 Å². The van der Waals surface area contributed by atoms with Crippen LogP contribution in [0.5, 0.6) is 5.75 Å². The SMILES string of the molecule is COc1ccc([C@@H]2CC(c3ccccc3)=NN2C(=O)CSc2nnc(N)s2)cc1. The van der Waals surface area contributed by atoms with Gasteiger partial charge in [-0.25, -0.2) is 5.01 Å². The minimum atomic E-state index is -0.163. The van der Waals surface area contributed by atoms with Crippen molar-refractivity contribution in [3.63, 3.8) is 0 Å². The molecule has 2 aromatic carbocycles. The van der Waals surface area contributed by atoms with E-state index in [0.717, 1.165) is 22.6 Å². The molecule has 1 aliphatic rings. The van der Waals surface area contributed by atoms with Crippen molar-refractivity contribution in [3.05, 3.63) is 65.7 Å². The minimum Gasteiger partial charge on any atom is -0.497 e. The molecule has 1 aromatic heterocycles. The van der Waals surface area contributed by atoms with E-state index in [1.807, 2.05) is 54.6 Å². The van der Waals surface area contributed by atoms with Gasteiger partial charge in [-0.2, -0.15) is 5.10 Å². The second-order valence-corrected chi connectivity index (χ2v) is 8.57. The predicted molar refractivity (Wildman–Crippen MR) is 115 cm³/mol. The Morgan fingerprint density at radius 1 is 1.21 bits per heavy atom. The largest absolute Gasteiger partial charge is 0.497 e. The van der Waals surface area contributed by atoms with E-state index in [1.165, 1.54) is 23.1 Å². The monoisotopic (exact) mass is 425 g/mol. The topological polar surface area (TPSA) is 93.7 Å². The Morgan fingerprint density at radius 2 is 1.97 bits per heavy atom. The smallest absolute Gasteiger partial charge is 0.253 e. The van der Waals surface area contributed by atoms with E-state index in [4.69, 9.17) is 10.5 Å². The van der Waals surface area contributed by atoms with Gasteiger partial charge in [0.15, 0.2) is 4.34 Å². The first-order chi connectivity index (χ1) is 14.1. The molecule has 148 valence electrons. The number of hydrazone groups is 1. The fraction of sp³-hybridized carbons (Fsp3) is 0.200. The molecule has 0 spiro atoms. The number of methoxy groups -OCH3 is 1. The molecule has 0 bridgehead atoms. The molecule has 2 N–H and O–H groups in total. The Balaban J connectivity index is 1.57. The lowest BCUT2D eigenvalue weighted by Gasteiger charge is -2.22. The third kappa shape index (κ3) is 4.41. The molecule has 2 heterocycles. The van der Waals surface area contributed by atoms with Crippen molar-refractivity contribution in [2.24, 2.45) is 5.10 Å². The fourth-order valence-electron chi connectivity index (χ4n) is 3.10. The van der Waals surface area contributed by atoms with Gasteiger partial charge in [0.2, 0.25) is 5.13 Å². The Morgan fingerprint density at radius 3 is 2.62 bits per heavy atom. The zero-order valence-corrected chi connectivity index (χ0v) is 17.3. The van der Waals surface area contributed by atoms with E-state index in [2.05, 4.69) is 15.3 Å². The van der Waals surface area contributed by atoms with E-state index in [1.54, 1.807) is 12.1 Å². The average molecular weight is 426 g/mol. The molecule has 1 aliphatic heterocycles. The van der Waals surface area contributed by atoms with Crippen LogP contribution in [0.1, 0.15) is 23.6 Å².